The Labute approximate surface area is 98.3 Å². The number of aryl methyl sites for hydroxylation is 1. The van der Waals surface area contributed by atoms with Crippen molar-refractivity contribution in [2.45, 2.75) is 40.2 Å². The molecular weight excluding hydrogens is 200 g/mol. The Morgan fingerprint density at radius 1 is 1.31 bits per heavy atom. The van der Waals surface area contributed by atoms with Crippen LogP contribution < -0.4 is 4.74 Å². The zero-order valence-electron chi connectivity index (χ0n) is 10.7. The third-order valence-corrected chi connectivity index (χ3v) is 2.84. The maximum Gasteiger partial charge on any atom is 0.125 e. The number of ether oxygens (including phenoxy) is 1. The van der Waals surface area contributed by atoms with E-state index in [4.69, 9.17) is 4.74 Å². The van der Waals surface area contributed by atoms with E-state index in [9.17, 15) is 5.11 Å². The molecule has 0 aromatic heterocycles. The van der Waals surface area contributed by atoms with Crippen LogP contribution in [0.15, 0.2) is 18.2 Å². The van der Waals surface area contributed by atoms with Crippen molar-refractivity contribution >= 4 is 0 Å². The first-order valence-corrected chi connectivity index (χ1v) is 5.96. The predicted molar refractivity (Wildman–Crippen MR) is 66.8 cm³/mol. The van der Waals surface area contributed by atoms with Crippen LogP contribution in [0.3, 0.4) is 0 Å². The summed E-state index contributed by atoms with van der Waals surface area (Å²) in [5, 5.41) is 9.64. The van der Waals surface area contributed by atoms with E-state index in [1.54, 1.807) is 6.92 Å². The number of hydrogen-bond donors (Lipinski definition) is 1. The SMILES string of the molecule is CCC(C)COc1cc(C)ccc1[C@H](C)O. The van der Waals surface area contributed by atoms with E-state index in [2.05, 4.69) is 13.8 Å². The van der Waals surface area contributed by atoms with Crippen molar-refractivity contribution in [1.29, 1.82) is 0 Å². The van der Waals surface area contributed by atoms with Gasteiger partial charge in [0.25, 0.3) is 0 Å². The summed E-state index contributed by atoms with van der Waals surface area (Å²) < 4.78 is 5.77. The lowest BCUT2D eigenvalue weighted by Crippen LogP contribution is -2.09. The normalized spacial score (nSPS) is 14.6. The van der Waals surface area contributed by atoms with Crippen molar-refractivity contribution in [3.05, 3.63) is 29.3 Å². The van der Waals surface area contributed by atoms with E-state index in [1.807, 2.05) is 25.1 Å². The van der Waals surface area contributed by atoms with Crippen LogP contribution in [0.25, 0.3) is 0 Å². The van der Waals surface area contributed by atoms with Crippen LogP contribution in [0.2, 0.25) is 0 Å². The van der Waals surface area contributed by atoms with Crippen LogP contribution in [-0.2, 0) is 0 Å². The molecule has 2 heteroatoms. The van der Waals surface area contributed by atoms with Gasteiger partial charge < -0.3 is 9.84 Å². The monoisotopic (exact) mass is 222 g/mol. The average molecular weight is 222 g/mol. The largest absolute Gasteiger partial charge is 0.493 e. The van der Waals surface area contributed by atoms with Gasteiger partial charge in [-0.1, -0.05) is 32.4 Å². The summed E-state index contributed by atoms with van der Waals surface area (Å²) in [4.78, 5) is 0. The minimum Gasteiger partial charge on any atom is -0.493 e. The van der Waals surface area contributed by atoms with E-state index in [0.717, 1.165) is 23.3 Å². The third-order valence-electron chi connectivity index (χ3n) is 2.84. The second-order valence-corrected chi connectivity index (χ2v) is 4.54. The summed E-state index contributed by atoms with van der Waals surface area (Å²) in [6.07, 6.45) is 0.628. The average Bonchev–Trinajstić information content (AvgIpc) is 2.25. The smallest absolute Gasteiger partial charge is 0.125 e. The molecule has 1 N–H and O–H groups in total. The zero-order chi connectivity index (χ0) is 12.1. The molecule has 0 saturated carbocycles. The van der Waals surface area contributed by atoms with Gasteiger partial charge in [-0.25, -0.2) is 0 Å². The van der Waals surface area contributed by atoms with Gasteiger partial charge in [-0.15, -0.1) is 0 Å². The number of aliphatic hydroxyl groups excluding tert-OH is 1. The second kappa shape index (κ2) is 5.90. The summed E-state index contributed by atoms with van der Waals surface area (Å²) in [6, 6.07) is 5.93. The lowest BCUT2D eigenvalue weighted by atomic mass is 10.1. The van der Waals surface area contributed by atoms with E-state index < -0.39 is 6.10 Å². The molecule has 0 aliphatic rings. The molecule has 0 amide bonds. The lowest BCUT2D eigenvalue weighted by molar-refractivity contribution is 0.186. The second-order valence-electron chi connectivity index (χ2n) is 4.54. The van der Waals surface area contributed by atoms with Crippen molar-refractivity contribution in [3.63, 3.8) is 0 Å². The topological polar surface area (TPSA) is 29.5 Å². The standard InChI is InChI=1S/C14H22O2/c1-5-10(2)9-16-14-8-11(3)6-7-13(14)12(4)15/h6-8,10,12,15H,5,9H2,1-4H3/t10?,12-/m0/s1. The van der Waals surface area contributed by atoms with Gasteiger partial charge in [-0.2, -0.15) is 0 Å². The van der Waals surface area contributed by atoms with Crippen molar-refractivity contribution in [2.24, 2.45) is 5.92 Å². The molecular formula is C14H22O2. The molecule has 0 radical (unpaired) electrons. The van der Waals surface area contributed by atoms with Crippen LogP contribution in [-0.4, -0.2) is 11.7 Å². The van der Waals surface area contributed by atoms with Gasteiger partial charge in [0.15, 0.2) is 0 Å². The van der Waals surface area contributed by atoms with E-state index in [0.29, 0.717) is 12.5 Å². The van der Waals surface area contributed by atoms with E-state index in [1.165, 1.54) is 0 Å². The summed E-state index contributed by atoms with van der Waals surface area (Å²) in [5.41, 5.74) is 2.03. The first-order valence-electron chi connectivity index (χ1n) is 5.96. The Bertz CT molecular complexity index is 332. The molecule has 0 heterocycles. The van der Waals surface area contributed by atoms with Crippen LogP contribution in [0.5, 0.6) is 5.75 Å². The molecule has 1 unspecified atom stereocenters. The Morgan fingerprint density at radius 2 is 2.00 bits per heavy atom. The van der Waals surface area contributed by atoms with Crippen LogP contribution in [0.1, 0.15) is 44.4 Å². The third kappa shape index (κ3) is 3.53. The Balaban J connectivity index is 2.80. The molecule has 16 heavy (non-hydrogen) atoms. The van der Waals surface area contributed by atoms with Crippen molar-refractivity contribution in [2.75, 3.05) is 6.61 Å². The minimum absolute atomic E-state index is 0.479. The maximum absolute atomic E-state index is 9.64. The molecule has 1 rings (SSSR count). The number of hydrogen-bond acceptors (Lipinski definition) is 2. The van der Waals surface area contributed by atoms with Gasteiger partial charge in [-0.05, 0) is 31.4 Å². The Kier molecular flexibility index (Phi) is 4.81. The Hall–Kier alpha value is -1.02. The number of benzene rings is 1. The highest BCUT2D eigenvalue weighted by atomic mass is 16.5. The zero-order valence-corrected chi connectivity index (χ0v) is 10.7. The number of rotatable bonds is 5. The fourth-order valence-corrected chi connectivity index (χ4v) is 1.46. The fourth-order valence-electron chi connectivity index (χ4n) is 1.46. The maximum atomic E-state index is 9.64. The van der Waals surface area contributed by atoms with E-state index in [-0.39, 0.29) is 0 Å². The highest BCUT2D eigenvalue weighted by Crippen LogP contribution is 2.26. The molecule has 2 nitrogen and oxygen atoms in total. The molecule has 1 aromatic carbocycles. The first kappa shape index (κ1) is 13.0. The summed E-state index contributed by atoms with van der Waals surface area (Å²) in [5.74, 6) is 1.36. The van der Waals surface area contributed by atoms with Gasteiger partial charge in [0.05, 0.1) is 12.7 Å². The number of aliphatic hydroxyl groups is 1. The first-order chi connectivity index (χ1) is 7.54. The minimum atomic E-state index is -0.479. The molecule has 90 valence electrons. The van der Waals surface area contributed by atoms with Gasteiger partial charge >= 0.3 is 0 Å². The highest BCUT2D eigenvalue weighted by Gasteiger charge is 2.10. The van der Waals surface area contributed by atoms with Crippen molar-refractivity contribution in [1.82, 2.24) is 0 Å². The highest BCUT2D eigenvalue weighted by molar-refractivity contribution is 5.38. The van der Waals surface area contributed by atoms with E-state index >= 15 is 0 Å². The molecule has 0 aliphatic carbocycles. The Morgan fingerprint density at radius 3 is 2.56 bits per heavy atom. The van der Waals surface area contributed by atoms with Gasteiger partial charge in [0, 0.05) is 5.56 Å². The molecule has 0 aliphatic heterocycles. The van der Waals surface area contributed by atoms with Crippen molar-refractivity contribution < 1.29 is 9.84 Å². The summed E-state index contributed by atoms with van der Waals surface area (Å²) in [6.45, 7) is 8.82. The van der Waals surface area contributed by atoms with Gasteiger partial charge in [-0.3, -0.25) is 0 Å². The van der Waals surface area contributed by atoms with Crippen molar-refractivity contribution in [3.8, 4) is 5.75 Å². The van der Waals surface area contributed by atoms with Gasteiger partial charge in [0.1, 0.15) is 5.75 Å². The lowest BCUT2D eigenvalue weighted by Gasteiger charge is -2.16. The predicted octanol–water partition coefficient (Wildman–Crippen LogP) is 3.47. The van der Waals surface area contributed by atoms with Crippen LogP contribution in [0.4, 0.5) is 0 Å². The molecule has 0 saturated heterocycles. The fraction of sp³-hybridized carbons (Fsp3) is 0.571. The molecule has 0 spiro atoms. The molecule has 2 atom stereocenters. The summed E-state index contributed by atoms with van der Waals surface area (Å²) in [7, 11) is 0. The molecule has 1 aromatic rings. The molecule has 0 bridgehead atoms. The molecule has 0 fully saturated rings. The van der Waals surface area contributed by atoms with Gasteiger partial charge in [0.2, 0.25) is 0 Å². The van der Waals surface area contributed by atoms with Crippen LogP contribution in [0, 0.1) is 12.8 Å². The quantitative estimate of drug-likeness (QED) is 0.826. The summed E-state index contributed by atoms with van der Waals surface area (Å²) >= 11 is 0. The van der Waals surface area contributed by atoms with Crippen LogP contribution >= 0.6 is 0 Å².